The number of aliphatic hydroxyl groups is 1. The van der Waals surface area contributed by atoms with Gasteiger partial charge in [0.2, 0.25) is 0 Å². The molecule has 0 heterocycles. The van der Waals surface area contributed by atoms with E-state index in [4.69, 9.17) is 37.0 Å². The van der Waals surface area contributed by atoms with E-state index in [1.807, 2.05) is 0 Å². The van der Waals surface area contributed by atoms with Crippen LogP contribution in [0.3, 0.4) is 0 Å². The molecule has 17 nitrogen and oxygen atoms in total. The van der Waals surface area contributed by atoms with E-state index in [-0.39, 0.29) is 25.7 Å². The summed E-state index contributed by atoms with van der Waals surface area (Å²) in [5.74, 6) is 0.949. The van der Waals surface area contributed by atoms with Crippen LogP contribution in [0, 0.1) is 23.7 Å². The van der Waals surface area contributed by atoms with Gasteiger partial charge in [-0.2, -0.15) is 0 Å². The topological polar surface area (TPSA) is 237 Å². The Labute approximate surface area is 619 Å². The maximum atomic E-state index is 13.1. The van der Waals surface area contributed by atoms with Gasteiger partial charge in [0.25, 0.3) is 0 Å². The highest BCUT2D eigenvalue weighted by molar-refractivity contribution is 7.47. The zero-order chi connectivity index (χ0) is 74.6. The van der Waals surface area contributed by atoms with Crippen molar-refractivity contribution >= 4 is 39.5 Å². The molecular weight excluding hydrogens is 1320 g/mol. The molecule has 0 aliphatic heterocycles. The minimum absolute atomic E-state index is 0.106. The van der Waals surface area contributed by atoms with E-state index in [0.29, 0.717) is 31.6 Å². The van der Waals surface area contributed by atoms with E-state index < -0.39 is 97.5 Å². The Hall–Kier alpha value is -1.94. The van der Waals surface area contributed by atoms with Crippen molar-refractivity contribution < 1.29 is 80.2 Å². The van der Waals surface area contributed by atoms with Gasteiger partial charge >= 0.3 is 39.5 Å². The zero-order valence-electron chi connectivity index (χ0n) is 66.5. The van der Waals surface area contributed by atoms with E-state index >= 15 is 0 Å². The van der Waals surface area contributed by atoms with Crippen LogP contribution < -0.4 is 0 Å². The molecule has 0 aromatic carbocycles. The summed E-state index contributed by atoms with van der Waals surface area (Å²) in [6.07, 6.45) is 58.5. The van der Waals surface area contributed by atoms with Crippen LogP contribution in [0.4, 0.5) is 0 Å². The van der Waals surface area contributed by atoms with Crippen molar-refractivity contribution in [2.24, 2.45) is 23.7 Å². The van der Waals surface area contributed by atoms with E-state index in [0.717, 1.165) is 114 Å². The number of hydrogen-bond acceptors (Lipinski definition) is 15. The maximum absolute atomic E-state index is 13.1. The molecule has 0 bridgehead atoms. The molecule has 0 aliphatic carbocycles. The SMILES string of the molecule is CC(C)CCCCCCCCCCCCCCCCCCCCC(=O)O[C@H](COC(=O)CCCCCCCCC(C)C)COP(=O)(O)OCC(O)COP(=O)(O)OC[C@@H](COC(=O)CCCCCCCCCCCCCCCCC(C)C)OC(=O)CCCCCCCCCCCCCC(C)C. The normalized spacial score (nSPS) is 14.0. The minimum atomic E-state index is -4.96. The smallest absolute Gasteiger partial charge is 0.462 e. The average molecular weight is 1480 g/mol. The number of aliphatic hydroxyl groups excluding tert-OH is 1. The minimum Gasteiger partial charge on any atom is -0.462 e. The van der Waals surface area contributed by atoms with Crippen molar-refractivity contribution in [3.63, 3.8) is 0 Å². The van der Waals surface area contributed by atoms with Crippen LogP contribution in [0.15, 0.2) is 0 Å². The standard InChI is InChI=1S/C82H160O17P2/c1-72(2)58-50-42-34-28-22-17-13-11-9-10-12-14-20-26-32-38-48-56-64-81(86)99-78(69-93-80(85)63-55-47-41-40-45-53-61-75(7)8)71-97-101(90,91)95-67-76(83)66-94-100(88,89)96-70-77(98-82(87)65-57-49-39-33-27-21-24-30-36-44-52-60-74(5)6)68-92-79(84)62-54-46-37-31-25-19-16-15-18-23-29-35-43-51-59-73(3)4/h72-78,83H,9-71H2,1-8H3,(H,88,89)(H,90,91)/t76?,77-,78-/m1/s1. The summed E-state index contributed by atoms with van der Waals surface area (Å²) in [7, 11) is -9.92. The van der Waals surface area contributed by atoms with Crippen LogP contribution >= 0.6 is 15.6 Å². The Kier molecular flexibility index (Phi) is 69.6. The molecule has 0 aromatic rings. The highest BCUT2D eigenvalue weighted by atomic mass is 31.2. The summed E-state index contributed by atoms with van der Waals surface area (Å²) < 4.78 is 68.7. The second-order valence-electron chi connectivity index (χ2n) is 31.4. The van der Waals surface area contributed by atoms with E-state index in [1.54, 1.807) is 0 Å². The molecule has 0 spiro atoms. The average Bonchev–Trinajstić information content (AvgIpc) is 0.935. The van der Waals surface area contributed by atoms with Crippen molar-refractivity contribution in [1.82, 2.24) is 0 Å². The molecule has 0 saturated heterocycles. The number of ether oxygens (including phenoxy) is 4. The van der Waals surface area contributed by atoms with Crippen LogP contribution in [-0.2, 0) is 65.4 Å². The quantitative estimate of drug-likeness (QED) is 0.0222. The second-order valence-corrected chi connectivity index (χ2v) is 34.3. The molecule has 0 saturated carbocycles. The third-order valence-corrected chi connectivity index (χ3v) is 21.0. The number of phosphoric ester groups is 2. The fourth-order valence-corrected chi connectivity index (χ4v) is 14.2. The second kappa shape index (κ2) is 71.0. The van der Waals surface area contributed by atoms with E-state index in [1.165, 1.54) is 218 Å². The maximum Gasteiger partial charge on any atom is 0.472 e. The first-order valence-corrected chi connectivity index (χ1v) is 45.2. The number of hydrogen-bond donors (Lipinski definition) is 3. The number of carbonyl (C=O) groups excluding carboxylic acids is 4. The number of unbranched alkanes of at least 4 members (excludes halogenated alkanes) is 45. The summed E-state index contributed by atoms with van der Waals surface area (Å²) in [6.45, 7) is 14.2. The van der Waals surface area contributed by atoms with Gasteiger partial charge in [0.1, 0.15) is 19.3 Å². The highest BCUT2D eigenvalue weighted by Gasteiger charge is 2.30. The molecule has 0 rings (SSSR count). The molecule has 0 amide bonds. The molecule has 19 heteroatoms. The molecule has 600 valence electrons. The fraction of sp³-hybridized carbons (Fsp3) is 0.951. The lowest BCUT2D eigenvalue weighted by Crippen LogP contribution is -2.30. The van der Waals surface area contributed by atoms with Crippen LogP contribution in [0.5, 0.6) is 0 Å². The summed E-state index contributed by atoms with van der Waals surface area (Å²) in [5.41, 5.74) is 0. The molecular formula is C82H160O17P2. The van der Waals surface area contributed by atoms with Crippen molar-refractivity contribution in [3.8, 4) is 0 Å². The first-order chi connectivity index (χ1) is 48.6. The van der Waals surface area contributed by atoms with E-state index in [2.05, 4.69) is 55.4 Å². The van der Waals surface area contributed by atoms with Gasteiger partial charge in [0, 0.05) is 25.7 Å². The van der Waals surface area contributed by atoms with Gasteiger partial charge in [0.05, 0.1) is 26.4 Å². The van der Waals surface area contributed by atoms with Gasteiger partial charge < -0.3 is 33.8 Å². The molecule has 0 fully saturated rings. The number of carbonyl (C=O) groups is 4. The zero-order valence-corrected chi connectivity index (χ0v) is 68.3. The van der Waals surface area contributed by atoms with Gasteiger partial charge in [-0.1, -0.05) is 370 Å². The Balaban J connectivity index is 5.18. The summed E-state index contributed by atoms with van der Waals surface area (Å²) >= 11 is 0. The molecule has 0 radical (unpaired) electrons. The highest BCUT2D eigenvalue weighted by Crippen LogP contribution is 2.45. The molecule has 3 unspecified atom stereocenters. The van der Waals surface area contributed by atoms with Crippen molar-refractivity contribution in [2.45, 2.75) is 440 Å². The van der Waals surface area contributed by atoms with Crippen molar-refractivity contribution in [2.75, 3.05) is 39.6 Å². The van der Waals surface area contributed by atoms with Gasteiger partial charge in [-0.3, -0.25) is 37.3 Å². The first-order valence-electron chi connectivity index (χ1n) is 42.2. The first kappa shape index (κ1) is 99.1. The Morgan fingerprint density at radius 2 is 0.416 bits per heavy atom. The van der Waals surface area contributed by atoms with Crippen LogP contribution in [-0.4, -0.2) is 96.7 Å². The van der Waals surface area contributed by atoms with Gasteiger partial charge in [-0.25, -0.2) is 9.13 Å². The van der Waals surface area contributed by atoms with Crippen LogP contribution in [0.1, 0.15) is 421 Å². The predicted octanol–water partition coefficient (Wildman–Crippen LogP) is 24.4. The lowest BCUT2D eigenvalue weighted by atomic mass is 10.0. The van der Waals surface area contributed by atoms with Gasteiger partial charge in [-0.15, -0.1) is 0 Å². The van der Waals surface area contributed by atoms with Crippen molar-refractivity contribution in [3.05, 3.63) is 0 Å². The van der Waals surface area contributed by atoms with Crippen LogP contribution in [0.2, 0.25) is 0 Å². The van der Waals surface area contributed by atoms with Crippen molar-refractivity contribution in [1.29, 1.82) is 0 Å². The lowest BCUT2D eigenvalue weighted by molar-refractivity contribution is -0.161. The number of rotatable bonds is 79. The summed E-state index contributed by atoms with van der Waals surface area (Å²) in [5, 5.41) is 10.6. The largest absolute Gasteiger partial charge is 0.472 e. The molecule has 0 aliphatic rings. The molecule has 101 heavy (non-hydrogen) atoms. The third-order valence-electron chi connectivity index (χ3n) is 19.1. The molecule has 0 aromatic heterocycles. The fourth-order valence-electron chi connectivity index (χ4n) is 12.6. The third kappa shape index (κ3) is 76.1. The van der Waals surface area contributed by atoms with Crippen LogP contribution in [0.25, 0.3) is 0 Å². The summed E-state index contributed by atoms with van der Waals surface area (Å²) in [6, 6.07) is 0. The number of phosphoric acid groups is 2. The van der Waals surface area contributed by atoms with E-state index in [9.17, 15) is 43.2 Å². The summed E-state index contributed by atoms with van der Waals surface area (Å²) in [4.78, 5) is 73.0. The monoisotopic (exact) mass is 1480 g/mol. The Bertz CT molecular complexity index is 1970. The predicted molar refractivity (Wildman–Crippen MR) is 414 cm³/mol. The molecule has 5 atom stereocenters. The Morgan fingerprint density at radius 3 is 0.614 bits per heavy atom. The van der Waals surface area contributed by atoms with Gasteiger partial charge in [-0.05, 0) is 49.4 Å². The lowest BCUT2D eigenvalue weighted by Gasteiger charge is -2.21. The Morgan fingerprint density at radius 1 is 0.248 bits per heavy atom. The van der Waals surface area contributed by atoms with Gasteiger partial charge in [0.15, 0.2) is 12.2 Å². The molecule has 3 N–H and O–H groups in total. The number of esters is 4.